The van der Waals surface area contributed by atoms with Crippen LogP contribution in [0, 0.1) is 17.2 Å². The van der Waals surface area contributed by atoms with Crippen LogP contribution >= 0.6 is 0 Å². The van der Waals surface area contributed by atoms with Gasteiger partial charge in [-0.15, -0.1) is 0 Å². The molecular weight excluding hydrogens is 358 g/mol. The molecule has 28 heavy (non-hydrogen) atoms. The van der Waals surface area contributed by atoms with Crippen molar-refractivity contribution in [2.24, 2.45) is 11.7 Å². The fourth-order valence-corrected chi connectivity index (χ4v) is 3.40. The van der Waals surface area contributed by atoms with Crippen LogP contribution in [0.25, 0.3) is 0 Å². The molecule has 0 saturated carbocycles. The lowest BCUT2D eigenvalue weighted by atomic mass is 9.78. The number of allylic oxidation sites excluding steroid dienone is 2. The maximum Gasteiger partial charge on any atom is 0.336 e. The first-order valence-electron chi connectivity index (χ1n) is 9.03. The normalized spacial score (nSPS) is 16.5. The molecule has 7 nitrogen and oxygen atoms in total. The van der Waals surface area contributed by atoms with E-state index in [0.29, 0.717) is 33.8 Å². The van der Waals surface area contributed by atoms with E-state index < -0.39 is 17.8 Å². The summed E-state index contributed by atoms with van der Waals surface area (Å²) in [6.07, 6.45) is 0. The minimum absolute atomic E-state index is 0.0318. The zero-order valence-electron chi connectivity index (χ0n) is 16.8. The lowest BCUT2D eigenvalue weighted by molar-refractivity contribution is -0.138. The highest BCUT2D eigenvalue weighted by molar-refractivity contribution is 6.01. The van der Waals surface area contributed by atoms with Crippen LogP contribution in [-0.2, 0) is 14.3 Å². The van der Waals surface area contributed by atoms with Crippen LogP contribution < -0.4 is 15.8 Å². The number of hydrogen-bond acceptors (Lipinski definition) is 6. The topological polar surface area (TPSA) is 114 Å². The monoisotopic (exact) mass is 383 g/mol. The Balaban J connectivity index is 2.85. The van der Waals surface area contributed by atoms with Crippen molar-refractivity contribution in [3.8, 4) is 11.8 Å². The third-order valence-corrected chi connectivity index (χ3v) is 4.61. The second kappa shape index (κ2) is 8.61. The maximum atomic E-state index is 12.9. The summed E-state index contributed by atoms with van der Waals surface area (Å²) in [5, 5.41) is 12.3. The predicted molar refractivity (Wildman–Crippen MR) is 104 cm³/mol. The van der Waals surface area contributed by atoms with Crippen molar-refractivity contribution in [2.45, 2.75) is 33.6 Å². The number of carbonyl (C=O) groups excluding carboxylic acids is 2. The Morgan fingerprint density at radius 1 is 1.32 bits per heavy atom. The zero-order chi connectivity index (χ0) is 21.0. The van der Waals surface area contributed by atoms with Gasteiger partial charge in [0.25, 0.3) is 0 Å². The number of rotatable bonds is 6. The SMILES string of the molecule is CCOC(=O)C1=C(C(C)C)NC(C)=C(C(N)=O)C1c1ccc(C#N)cc1OC. The van der Waals surface area contributed by atoms with Gasteiger partial charge in [0, 0.05) is 22.5 Å². The van der Waals surface area contributed by atoms with Crippen molar-refractivity contribution in [3.63, 3.8) is 0 Å². The second-order valence-corrected chi connectivity index (χ2v) is 6.73. The Kier molecular flexibility index (Phi) is 6.47. The summed E-state index contributed by atoms with van der Waals surface area (Å²) in [6.45, 7) is 7.54. The molecule has 0 radical (unpaired) electrons. The number of benzene rings is 1. The van der Waals surface area contributed by atoms with Gasteiger partial charge in [0.1, 0.15) is 5.75 Å². The minimum atomic E-state index is -0.766. The number of dihydropyridines is 1. The molecule has 0 fully saturated rings. The summed E-state index contributed by atoms with van der Waals surface area (Å²) in [5.74, 6) is -1.58. The van der Waals surface area contributed by atoms with Crippen LogP contribution in [0.3, 0.4) is 0 Å². The summed E-state index contributed by atoms with van der Waals surface area (Å²) in [5.41, 5.74) is 8.47. The Bertz CT molecular complexity index is 907. The first kappa shape index (κ1) is 21.0. The van der Waals surface area contributed by atoms with Gasteiger partial charge in [-0.05, 0) is 31.9 Å². The fourth-order valence-electron chi connectivity index (χ4n) is 3.40. The molecule has 0 spiro atoms. The average Bonchev–Trinajstić information content (AvgIpc) is 2.66. The van der Waals surface area contributed by atoms with Crippen molar-refractivity contribution in [2.75, 3.05) is 13.7 Å². The van der Waals surface area contributed by atoms with Gasteiger partial charge in [-0.2, -0.15) is 5.26 Å². The first-order valence-corrected chi connectivity index (χ1v) is 9.03. The quantitative estimate of drug-likeness (QED) is 0.730. The number of hydrogen-bond donors (Lipinski definition) is 2. The highest BCUT2D eigenvalue weighted by Gasteiger charge is 2.39. The molecule has 148 valence electrons. The van der Waals surface area contributed by atoms with Gasteiger partial charge < -0.3 is 20.5 Å². The molecule has 1 unspecified atom stereocenters. The summed E-state index contributed by atoms with van der Waals surface area (Å²) >= 11 is 0. The van der Waals surface area contributed by atoms with E-state index in [-0.39, 0.29) is 18.1 Å². The molecule has 1 aliphatic rings. The number of nitriles is 1. The van der Waals surface area contributed by atoms with Crippen LogP contribution in [-0.4, -0.2) is 25.6 Å². The standard InChI is InChI=1S/C21H25N3O4/c1-6-28-21(26)18-17(14-8-7-13(10-22)9-15(14)27-5)16(20(23)25)12(4)24-19(18)11(2)3/h7-9,11,17,24H,6H2,1-5H3,(H2,23,25). The largest absolute Gasteiger partial charge is 0.496 e. The van der Waals surface area contributed by atoms with E-state index in [0.717, 1.165) is 0 Å². The molecule has 1 heterocycles. The van der Waals surface area contributed by atoms with Crippen LogP contribution in [0.2, 0.25) is 0 Å². The van der Waals surface area contributed by atoms with E-state index in [9.17, 15) is 14.9 Å². The molecule has 1 aliphatic heterocycles. The highest BCUT2D eigenvalue weighted by Crippen LogP contribution is 2.43. The van der Waals surface area contributed by atoms with Crippen molar-refractivity contribution in [1.82, 2.24) is 5.32 Å². The lowest BCUT2D eigenvalue weighted by Crippen LogP contribution is -2.36. The van der Waals surface area contributed by atoms with E-state index >= 15 is 0 Å². The van der Waals surface area contributed by atoms with Gasteiger partial charge in [-0.25, -0.2) is 4.79 Å². The number of amides is 1. The predicted octanol–water partition coefficient (Wildman–Crippen LogP) is 2.49. The molecule has 1 atom stereocenters. The molecule has 0 aliphatic carbocycles. The molecule has 0 saturated heterocycles. The number of esters is 1. The average molecular weight is 383 g/mol. The minimum Gasteiger partial charge on any atom is -0.496 e. The Hall–Kier alpha value is -3.27. The molecule has 7 heteroatoms. The number of ether oxygens (including phenoxy) is 2. The number of nitrogens with zero attached hydrogens (tertiary/aromatic N) is 1. The van der Waals surface area contributed by atoms with Crippen molar-refractivity contribution < 1.29 is 19.1 Å². The Morgan fingerprint density at radius 2 is 2.00 bits per heavy atom. The molecule has 1 amide bonds. The van der Waals surface area contributed by atoms with Crippen LogP contribution in [0.4, 0.5) is 0 Å². The number of carbonyl (C=O) groups is 2. The molecule has 0 bridgehead atoms. The zero-order valence-corrected chi connectivity index (χ0v) is 16.8. The molecule has 1 aromatic carbocycles. The molecule has 2 rings (SSSR count). The van der Waals surface area contributed by atoms with Crippen molar-refractivity contribution >= 4 is 11.9 Å². The summed E-state index contributed by atoms with van der Waals surface area (Å²) in [4.78, 5) is 25.2. The molecular formula is C21H25N3O4. The van der Waals surface area contributed by atoms with Gasteiger partial charge in [0.2, 0.25) is 5.91 Å². The number of methoxy groups -OCH3 is 1. The third-order valence-electron chi connectivity index (χ3n) is 4.61. The van der Waals surface area contributed by atoms with Gasteiger partial charge in [0.15, 0.2) is 0 Å². The van der Waals surface area contributed by atoms with Crippen LogP contribution in [0.15, 0.2) is 40.7 Å². The van der Waals surface area contributed by atoms with Gasteiger partial charge in [-0.3, -0.25) is 4.79 Å². The maximum absolute atomic E-state index is 12.9. The Labute approximate surface area is 164 Å². The number of nitrogens with one attached hydrogen (secondary N) is 1. The van der Waals surface area contributed by atoms with Crippen molar-refractivity contribution in [1.29, 1.82) is 5.26 Å². The van der Waals surface area contributed by atoms with Gasteiger partial charge >= 0.3 is 5.97 Å². The van der Waals surface area contributed by atoms with E-state index in [1.165, 1.54) is 7.11 Å². The summed E-state index contributed by atoms with van der Waals surface area (Å²) in [6, 6.07) is 6.93. The number of primary amides is 1. The second-order valence-electron chi connectivity index (χ2n) is 6.73. The van der Waals surface area contributed by atoms with Gasteiger partial charge in [-0.1, -0.05) is 19.9 Å². The highest BCUT2D eigenvalue weighted by atomic mass is 16.5. The van der Waals surface area contributed by atoms with E-state index in [1.54, 1.807) is 32.0 Å². The Morgan fingerprint density at radius 3 is 2.50 bits per heavy atom. The smallest absolute Gasteiger partial charge is 0.336 e. The number of nitrogens with two attached hydrogens (primary N) is 1. The lowest BCUT2D eigenvalue weighted by Gasteiger charge is -2.33. The van der Waals surface area contributed by atoms with Crippen LogP contribution in [0.5, 0.6) is 5.75 Å². The van der Waals surface area contributed by atoms with Crippen LogP contribution in [0.1, 0.15) is 44.7 Å². The first-order chi connectivity index (χ1) is 13.3. The van der Waals surface area contributed by atoms with E-state index in [1.807, 2.05) is 13.8 Å². The molecule has 0 aromatic heterocycles. The van der Waals surface area contributed by atoms with Gasteiger partial charge in [0.05, 0.1) is 36.8 Å². The third kappa shape index (κ3) is 3.86. The van der Waals surface area contributed by atoms with E-state index in [4.69, 9.17) is 15.2 Å². The molecule has 3 N–H and O–H groups in total. The molecule has 1 aromatic rings. The van der Waals surface area contributed by atoms with E-state index in [2.05, 4.69) is 11.4 Å². The fraction of sp³-hybridized carbons (Fsp3) is 0.381. The summed E-state index contributed by atoms with van der Waals surface area (Å²) < 4.78 is 10.8. The van der Waals surface area contributed by atoms with Crippen molar-refractivity contribution in [3.05, 3.63) is 51.9 Å². The summed E-state index contributed by atoms with van der Waals surface area (Å²) in [7, 11) is 1.47.